The van der Waals surface area contributed by atoms with Gasteiger partial charge in [0.25, 0.3) is 11.6 Å². The summed E-state index contributed by atoms with van der Waals surface area (Å²) >= 11 is 0. The lowest BCUT2D eigenvalue weighted by atomic mass is 9.94. The third-order valence-corrected chi connectivity index (χ3v) is 4.41. The molecular weight excluding hydrogens is 378 g/mol. The van der Waals surface area contributed by atoms with Crippen LogP contribution in [0.15, 0.2) is 54.6 Å². The fraction of sp³-hybridized carbons (Fsp3) is 0.250. The first-order valence-electron chi connectivity index (χ1n) is 8.84. The summed E-state index contributed by atoms with van der Waals surface area (Å²) < 4.78 is 0. The van der Waals surface area contributed by atoms with E-state index in [0.717, 1.165) is 6.07 Å². The molecule has 0 saturated carbocycles. The molecule has 2 aromatic rings. The van der Waals surface area contributed by atoms with Gasteiger partial charge in [-0.05, 0) is 25.5 Å². The van der Waals surface area contributed by atoms with Crippen LogP contribution in [0.5, 0.6) is 0 Å². The van der Waals surface area contributed by atoms with Crippen molar-refractivity contribution in [3.05, 3.63) is 75.8 Å². The van der Waals surface area contributed by atoms with Crippen molar-refractivity contribution in [2.24, 2.45) is 5.92 Å². The topological polar surface area (TPSA) is 139 Å². The van der Waals surface area contributed by atoms with Crippen LogP contribution in [0.25, 0.3) is 0 Å². The molecule has 0 aliphatic heterocycles. The van der Waals surface area contributed by atoms with Crippen LogP contribution in [-0.2, 0) is 9.59 Å². The van der Waals surface area contributed by atoms with E-state index in [4.69, 9.17) is 0 Å². The van der Waals surface area contributed by atoms with E-state index in [9.17, 15) is 29.6 Å². The lowest BCUT2D eigenvalue weighted by molar-refractivity contribution is -0.384. The second-order valence-electron chi connectivity index (χ2n) is 6.53. The SMILES string of the molecule is CC(NC(=O)c1cccc([N+](=O)[O-])c1)C(=O)NC(c1ccccc1)C(C)C(=O)O. The number of amides is 2. The van der Waals surface area contributed by atoms with Crippen molar-refractivity contribution in [3.8, 4) is 0 Å². The van der Waals surface area contributed by atoms with Gasteiger partial charge in [0.1, 0.15) is 6.04 Å². The normalized spacial score (nSPS) is 13.6. The number of non-ortho nitro benzene ring substituents is 1. The van der Waals surface area contributed by atoms with Crippen LogP contribution in [-0.4, -0.2) is 33.9 Å². The molecule has 0 saturated heterocycles. The van der Waals surface area contributed by atoms with Gasteiger partial charge in [-0.3, -0.25) is 24.5 Å². The second kappa shape index (κ2) is 9.45. The van der Waals surface area contributed by atoms with Crippen LogP contribution in [0.2, 0.25) is 0 Å². The average molecular weight is 399 g/mol. The molecule has 2 aromatic carbocycles. The van der Waals surface area contributed by atoms with Crippen LogP contribution < -0.4 is 10.6 Å². The summed E-state index contributed by atoms with van der Waals surface area (Å²) in [5.41, 5.74) is 0.416. The zero-order valence-corrected chi connectivity index (χ0v) is 15.9. The molecule has 3 N–H and O–H groups in total. The van der Waals surface area contributed by atoms with Gasteiger partial charge in [-0.25, -0.2) is 0 Å². The number of nitro benzene ring substituents is 1. The Bertz CT molecular complexity index is 915. The Morgan fingerprint density at radius 1 is 1.00 bits per heavy atom. The molecule has 152 valence electrons. The number of hydrogen-bond acceptors (Lipinski definition) is 5. The smallest absolute Gasteiger partial charge is 0.308 e. The molecule has 0 spiro atoms. The van der Waals surface area contributed by atoms with Gasteiger partial charge in [0.05, 0.1) is 16.9 Å². The predicted molar refractivity (Wildman–Crippen MR) is 104 cm³/mol. The van der Waals surface area contributed by atoms with E-state index in [0.29, 0.717) is 5.56 Å². The van der Waals surface area contributed by atoms with Crippen molar-refractivity contribution in [3.63, 3.8) is 0 Å². The molecule has 0 radical (unpaired) electrons. The highest BCUT2D eigenvalue weighted by Crippen LogP contribution is 2.22. The lowest BCUT2D eigenvalue weighted by Crippen LogP contribution is -2.47. The first-order chi connectivity index (χ1) is 13.7. The quantitative estimate of drug-likeness (QED) is 0.460. The summed E-state index contributed by atoms with van der Waals surface area (Å²) in [5, 5.41) is 25.3. The maximum absolute atomic E-state index is 12.6. The number of carboxylic acids is 1. The van der Waals surface area contributed by atoms with Gasteiger partial charge in [0, 0.05) is 17.7 Å². The Hall–Kier alpha value is -3.75. The maximum atomic E-state index is 12.6. The second-order valence-corrected chi connectivity index (χ2v) is 6.53. The third-order valence-electron chi connectivity index (χ3n) is 4.41. The monoisotopic (exact) mass is 399 g/mol. The summed E-state index contributed by atoms with van der Waals surface area (Å²) in [6.45, 7) is 2.92. The summed E-state index contributed by atoms with van der Waals surface area (Å²) in [5.74, 6) is -3.21. The number of nitrogens with one attached hydrogen (secondary N) is 2. The fourth-order valence-electron chi connectivity index (χ4n) is 2.68. The number of benzene rings is 2. The predicted octanol–water partition coefficient (Wildman–Crippen LogP) is 2.29. The number of carbonyl (C=O) groups is 3. The van der Waals surface area contributed by atoms with E-state index in [1.165, 1.54) is 32.0 Å². The largest absolute Gasteiger partial charge is 0.481 e. The van der Waals surface area contributed by atoms with E-state index in [1.807, 2.05) is 0 Å². The molecule has 0 bridgehead atoms. The highest BCUT2D eigenvalue weighted by atomic mass is 16.6. The number of rotatable bonds is 8. The van der Waals surface area contributed by atoms with E-state index >= 15 is 0 Å². The number of carboxylic acid groups (broad SMARTS) is 1. The Kier molecular flexibility index (Phi) is 7.02. The van der Waals surface area contributed by atoms with Crippen molar-refractivity contribution in [1.82, 2.24) is 10.6 Å². The molecule has 0 fully saturated rings. The first-order valence-corrected chi connectivity index (χ1v) is 8.84. The molecule has 3 unspecified atom stereocenters. The molecule has 9 heteroatoms. The number of nitrogens with zero attached hydrogens (tertiary/aromatic N) is 1. The standard InChI is InChI=1S/C20H21N3O6/c1-12(20(26)27)17(14-7-4-3-5-8-14)22-18(24)13(2)21-19(25)15-9-6-10-16(11-15)23(28)29/h3-13,17H,1-2H3,(H,21,25)(H,22,24)(H,26,27). The molecule has 2 amide bonds. The summed E-state index contributed by atoms with van der Waals surface area (Å²) in [7, 11) is 0. The molecule has 9 nitrogen and oxygen atoms in total. The van der Waals surface area contributed by atoms with Crippen LogP contribution in [0.3, 0.4) is 0 Å². The highest BCUT2D eigenvalue weighted by Gasteiger charge is 2.28. The van der Waals surface area contributed by atoms with Crippen LogP contribution in [0.4, 0.5) is 5.69 Å². The molecule has 0 aliphatic carbocycles. The van der Waals surface area contributed by atoms with Crippen molar-refractivity contribution in [2.45, 2.75) is 25.9 Å². The van der Waals surface area contributed by atoms with Gasteiger partial charge < -0.3 is 15.7 Å². The van der Waals surface area contributed by atoms with Crippen LogP contribution in [0.1, 0.15) is 35.8 Å². The van der Waals surface area contributed by atoms with Gasteiger partial charge >= 0.3 is 5.97 Å². The average Bonchev–Trinajstić information content (AvgIpc) is 2.71. The summed E-state index contributed by atoms with van der Waals surface area (Å²) in [6, 6.07) is 12.0. The van der Waals surface area contributed by atoms with E-state index in [-0.39, 0.29) is 11.3 Å². The third kappa shape index (κ3) is 5.61. The summed E-state index contributed by atoms with van der Waals surface area (Å²) in [6.07, 6.45) is 0. The van der Waals surface area contributed by atoms with Gasteiger partial charge in [0.2, 0.25) is 5.91 Å². The zero-order chi connectivity index (χ0) is 21.6. The fourth-order valence-corrected chi connectivity index (χ4v) is 2.68. The molecule has 0 aliphatic rings. The highest BCUT2D eigenvalue weighted by molar-refractivity contribution is 5.98. The number of nitro groups is 1. The van der Waals surface area contributed by atoms with E-state index in [2.05, 4.69) is 10.6 Å². The maximum Gasteiger partial charge on any atom is 0.308 e. The first kappa shape index (κ1) is 21.5. The molecular formula is C20H21N3O6. The van der Waals surface area contributed by atoms with Gasteiger partial charge in [-0.2, -0.15) is 0 Å². The molecule has 0 aromatic heterocycles. The Labute approximate surface area is 166 Å². The molecule has 0 heterocycles. The minimum atomic E-state index is -1.08. The van der Waals surface area contributed by atoms with Gasteiger partial charge in [-0.15, -0.1) is 0 Å². The van der Waals surface area contributed by atoms with Crippen molar-refractivity contribution >= 4 is 23.5 Å². The minimum Gasteiger partial charge on any atom is -0.481 e. The van der Waals surface area contributed by atoms with Crippen molar-refractivity contribution < 1.29 is 24.4 Å². The molecule has 2 rings (SSSR count). The molecule has 29 heavy (non-hydrogen) atoms. The van der Waals surface area contributed by atoms with Crippen LogP contribution >= 0.6 is 0 Å². The Morgan fingerprint density at radius 2 is 1.66 bits per heavy atom. The Morgan fingerprint density at radius 3 is 2.24 bits per heavy atom. The minimum absolute atomic E-state index is 0.0392. The van der Waals surface area contributed by atoms with Gasteiger partial charge in [-0.1, -0.05) is 36.4 Å². The Balaban J connectivity index is 2.11. The van der Waals surface area contributed by atoms with Crippen molar-refractivity contribution in [1.29, 1.82) is 0 Å². The summed E-state index contributed by atoms with van der Waals surface area (Å²) in [4.78, 5) is 46.6. The van der Waals surface area contributed by atoms with Crippen molar-refractivity contribution in [2.75, 3.05) is 0 Å². The van der Waals surface area contributed by atoms with E-state index < -0.39 is 40.7 Å². The van der Waals surface area contributed by atoms with Gasteiger partial charge in [0.15, 0.2) is 0 Å². The number of aliphatic carboxylic acids is 1. The molecule has 3 atom stereocenters. The zero-order valence-electron chi connectivity index (χ0n) is 15.9. The number of hydrogen-bond donors (Lipinski definition) is 3. The number of carbonyl (C=O) groups excluding carboxylic acids is 2. The van der Waals surface area contributed by atoms with E-state index in [1.54, 1.807) is 30.3 Å². The lowest BCUT2D eigenvalue weighted by Gasteiger charge is -2.25. The van der Waals surface area contributed by atoms with Crippen LogP contribution in [0, 0.1) is 16.0 Å².